The maximum absolute atomic E-state index is 13.9. The van der Waals surface area contributed by atoms with E-state index in [9.17, 15) is 47.9 Å². The Morgan fingerprint density at radius 2 is 0.600 bits per heavy atom. The van der Waals surface area contributed by atoms with Gasteiger partial charge >= 0.3 is 47.8 Å². The SMILES string of the molecule is C=CC(=O)OCC(COC)(COC)COC(=O)c1cc(C(=O)OCC(COC=O)(COC=O)COC(=O)C=C)cc(C(=O)OCC(COC(=O)C=C)(COC(=O)C=C)COC(=O)C=C)c1. The van der Waals surface area contributed by atoms with Gasteiger partial charge in [0.25, 0.3) is 12.9 Å². The summed E-state index contributed by atoms with van der Waals surface area (Å²) in [6.45, 7) is 9.80. The second-order valence-electron chi connectivity index (χ2n) is 13.8. The van der Waals surface area contributed by atoms with Crippen LogP contribution in [0.15, 0.2) is 81.5 Å². The quantitative estimate of drug-likeness (QED) is 0.0409. The van der Waals surface area contributed by atoms with E-state index in [1.165, 1.54) is 14.2 Å². The number of benzene rings is 1. The van der Waals surface area contributed by atoms with Crippen LogP contribution < -0.4 is 0 Å². The Morgan fingerprint density at radius 1 is 0.385 bits per heavy atom. The number of hydrogen-bond donors (Lipinski definition) is 0. The van der Waals surface area contributed by atoms with Gasteiger partial charge in [0.15, 0.2) is 0 Å². The molecule has 1 aromatic rings. The van der Waals surface area contributed by atoms with Gasteiger partial charge in [-0.3, -0.25) is 9.59 Å². The molecule has 0 saturated carbocycles. The van der Waals surface area contributed by atoms with Crippen molar-refractivity contribution in [2.45, 2.75) is 0 Å². The Morgan fingerprint density at radius 3 is 0.815 bits per heavy atom. The third-order valence-corrected chi connectivity index (χ3v) is 8.42. The van der Waals surface area contributed by atoms with Crippen LogP contribution in [-0.2, 0) is 90.4 Å². The molecule has 0 fully saturated rings. The Hall–Kier alpha value is -7.46. The fraction of sp³-hybridized carbons (Fsp3) is 0.395. The predicted octanol–water partition coefficient (Wildman–Crippen LogP) is 1.40. The monoisotopic (exact) mass is 918 g/mol. The number of carbonyl (C=O) groups excluding carboxylic acids is 10. The highest BCUT2D eigenvalue weighted by Gasteiger charge is 2.39. The van der Waals surface area contributed by atoms with Crippen molar-refractivity contribution in [1.29, 1.82) is 0 Å². The highest BCUT2D eigenvalue weighted by atomic mass is 16.6. The molecule has 0 unspecified atom stereocenters. The molecule has 0 radical (unpaired) electrons. The molecule has 0 bridgehead atoms. The van der Waals surface area contributed by atoms with E-state index in [0.717, 1.165) is 48.6 Å². The van der Waals surface area contributed by atoms with Crippen molar-refractivity contribution < 1.29 is 105 Å². The molecule has 1 rings (SSSR count). The first kappa shape index (κ1) is 55.6. The molecule has 0 spiro atoms. The summed E-state index contributed by atoms with van der Waals surface area (Å²) in [6.07, 6.45) is 4.13. The largest absolute Gasteiger partial charge is 0.467 e. The molecule has 0 aliphatic carbocycles. The van der Waals surface area contributed by atoms with Gasteiger partial charge < -0.3 is 56.8 Å². The van der Waals surface area contributed by atoms with Crippen LogP contribution >= 0.6 is 0 Å². The van der Waals surface area contributed by atoms with Crippen molar-refractivity contribution in [1.82, 2.24) is 0 Å². The molecule has 0 atom stereocenters. The molecule has 65 heavy (non-hydrogen) atoms. The number of methoxy groups -OCH3 is 2. The summed E-state index contributed by atoms with van der Waals surface area (Å²) in [5.41, 5.74) is -6.28. The van der Waals surface area contributed by atoms with Crippen molar-refractivity contribution in [3.63, 3.8) is 0 Å². The number of carbonyl (C=O) groups is 10. The van der Waals surface area contributed by atoms with Crippen molar-refractivity contribution >= 4 is 60.7 Å². The molecule has 0 aliphatic heterocycles. The molecule has 0 aromatic heterocycles. The van der Waals surface area contributed by atoms with Gasteiger partial charge in [0.05, 0.1) is 35.3 Å². The van der Waals surface area contributed by atoms with E-state index in [4.69, 9.17) is 56.8 Å². The molecule has 0 aliphatic rings. The van der Waals surface area contributed by atoms with E-state index in [2.05, 4.69) is 32.9 Å². The molecule has 0 N–H and O–H groups in total. The van der Waals surface area contributed by atoms with E-state index >= 15 is 0 Å². The molecule has 0 amide bonds. The fourth-order valence-corrected chi connectivity index (χ4v) is 5.09. The topological polar surface area (TPSA) is 281 Å². The smallest absolute Gasteiger partial charge is 0.338 e. The van der Waals surface area contributed by atoms with E-state index in [0.29, 0.717) is 0 Å². The molecule has 354 valence electrons. The summed E-state index contributed by atoms with van der Waals surface area (Å²) in [5, 5.41) is 0. The second kappa shape index (κ2) is 29.0. The molecular weight excluding hydrogens is 868 g/mol. The number of hydrogen-bond acceptors (Lipinski definition) is 22. The Bertz CT molecular complexity index is 1840. The van der Waals surface area contributed by atoms with Crippen molar-refractivity contribution in [3.8, 4) is 0 Å². The standard InChI is InChI=1S/C43H50O22/c1-8-33(46)58-20-41(16-54-6,17-55-7)25-63-38(51)30-13-31(39(52)64-26-42(18-56-28-44,19-57-29-45)21-59-34(47)9-2)15-32(14-30)40(53)65-27-43(22-60-35(48)10-3,23-61-36(49)11-4)24-62-37(50)12-5/h8-15,28-29H,1-5,16-27H2,6-7H3. The van der Waals surface area contributed by atoms with Crippen molar-refractivity contribution in [2.24, 2.45) is 16.2 Å². The summed E-state index contributed by atoms with van der Waals surface area (Å²) in [6, 6.07) is 2.84. The average Bonchev–Trinajstić information content (AvgIpc) is 3.32. The Kier molecular flexibility index (Phi) is 24.8. The van der Waals surface area contributed by atoms with Crippen molar-refractivity contribution in [3.05, 3.63) is 98.2 Å². The number of rotatable bonds is 34. The first-order valence-corrected chi connectivity index (χ1v) is 18.7. The highest BCUT2D eigenvalue weighted by Crippen LogP contribution is 2.26. The predicted molar refractivity (Wildman–Crippen MR) is 218 cm³/mol. The van der Waals surface area contributed by atoms with Crippen LogP contribution in [0, 0.1) is 16.2 Å². The van der Waals surface area contributed by atoms with Gasteiger partial charge in [-0.05, 0) is 18.2 Å². The zero-order valence-electron chi connectivity index (χ0n) is 35.8. The van der Waals surface area contributed by atoms with Crippen LogP contribution in [0.4, 0.5) is 0 Å². The van der Waals surface area contributed by atoms with Crippen LogP contribution in [0.1, 0.15) is 31.1 Å². The van der Waals surface area contributed by atoms with Crippen LogP contribution in [-0.4, -0.2) is 154 Å². The van der Waals surface area contributed by atoms with Crippen LogP contribution in [0.3, 0.4) is 0 Å². The van der Waals surface area contributed by atoms with Gasteiger partial charge in [-0.1, -0.05) is 32.9 Å². The van der Waals surface area contributed by atoms with E-state index in [-0.39, 0.29) is 32.8 Å². The Labute approximate surface area is 372 Å². The molecule has 0 saturated heterocycles. The maximum Gasteiger partial charge on any atom is 0.338 e. The lowest BCUT2D eigenvalue weighted by Crippen LogP contribution is -2.43. The molecule has 1 aromatic carbocycles. The lowest BCUT2D eigenvalue weighted by molar-refractivity contribution is -0.160. The van der Waals surface area contributed by atoms with Crippen LogP contribution in [0.5, 0.6) is 0 Å². The third-order valence-electron chi connectivity index (χ3n) is 8.42. The summed E-state index contributed by atoms with van der Waals surface area (Å²) >= 11 is 0. The lowest BCUT2D eigenvalue weighted by Gasteiger charge is -2.31. The summed E-state index contributed by atoms with van der Waals surface area (Å²) in [4.78, 5) is 124. The maximum atomic E-state index is 13.9. The van der Waals surface area contributed by atoms with Gasteiger partial charge in [0.1, 0.15) is 76.9 Å². The lowest BCUT2D eigenvalue weighted by atomic mass is 9.92. The van der Waals surface area contributed by atoms with Gasteiger partial charge in [-0.15, -0.1) is 0 Å². The van der Waals surface area contributed by atoms with E-state index in [1.807, 2.05) is 0 Å². The third kappa shape index (κ3) is 19.6. The van der Waals surface area contributed by atoms with Crippen LogP contribution in [0.2, 0.25) is 0 Å². The molecule has 22 nitrogen and oxygen atoms in total. The van der Waals surface area contributed by atoms with Gasteiger partial charge in [-0.25, -0.2) is 38.4 Å². The fourth-order valence-electron chi connectivity index (χ4n) is 5.09. The minimum absolute atomic E-state index is 0.0300. The highest BCUT2D eigenvalue weighted by molar-refractivity contribution is 6.00. The summed E-state index contributed by atoms with van der Waals surface area (Å²) in [7, 11) is 2.65. The second-order valence-corrected chi connectivity index (χ2v) is 13.8. The van der Waals surface area contributed by atoms with E-state index < -0.39 is 140 Å². The van der Waals surface area contributed by atoms with Crippen LogP contribution in [0.25, 0.3) is 0 Å². The number of esters is 8. The normalized spacial score (nSPS) is 10.9. The summed E-state index contributed by atoms with van der Waals surface area (Å²) in [5.74, 6) is -8.32. The van der Waals surface area contributed by atoms with Gasteiger partial charge in [0.2, 0.25) is 0 Å². The van der Waals surface area contributed by atoms with Crippen molar-refractivity contribution in [2.75, 3.05) is 93.5 Å². The Balaban J connectivity index is 3.87. The minimum atomic E-state index is -1.80. The molecule has 0 heterocycles. The van der Waals surface area contributed by atoms with E-state index in [1.54, 1.807) is 0 Å². The average molecular weight is 919 g/mol. The number of ether oxygens (including phenoxy) is 12. The molecular formula is C43H50O22. The van der Waals surface area contributed by atoms with Gasteiger partial charge in [-0.2, -0.15) is 0 Å². The first-order chi connectivity index (χ1) is 31.0. The zero-order chi connectivity index (χ0) is 48.9. The van der Waals surface area contributed by atoms with Gasteiger partial charge in [0, 0.05) is 44.6 Å². The molecule has 22 heteroatoms. The minimum Gasteiger partial charge on any atom is -0.467 e. The zero-order valence-corrected chi connectivity index (χ0v) is 35.8. The first-order valence-electron chi connectivity index (χ1n) is 18.7. The summed E-state index contributed by atoms with van der Waals surface area (Å²) < 4.78 is 62.5.